The lowest BCUT2D eigenvalue weighted by atomic mass is 10.0. The predicted octanol–water partition coefficient (Wildman–Crippen LogP) is 1.37. The van der Waals surface area contributed by atoms with Gasteiger partial charge >= 0.3 is 6.03 Å². The molecule has 1 aromatic rings. The molecule has 7 nitrogen and oxygen atoms in total. The molecule has 7 heteroatoms. The van der Waals surface area contributed by atoms with Crippen molar-refractivity contribution < 1.29 is 9.59 Å². The van der Waals surface area contributed by atoms with Crippen LogP contribution in [-0.2, 0) is 11.3 Å². The van der Waals surface area contributed by atoms with Crippen LogP contribution in [0.25, 0.3) is 0 Å². The van der Waals surface area contributed by atoms with Gasteiger partial charge in [-0.05, 0) is 46.1 Å². The number of hydrogen-bond acceptors (Lipinski definition) is 4. The van der Waals surface area contributed by atoms with E-state index in [2.05, 4.69) is 27.5 Å². The lowest BCUT2D eigenvalue weighted by molar-refractivity contribution is -0.136. The molecule has 2 atom stereocenters. The highest BCUT2D eigenvalue weighted by molar-refractivity contribution is 5.86. The molecule has 1 aliphatic heterocycles. The van der Waals surface area contributed by atoms with Crippen molar-refractivity contribution in [2.24, 2.45) is 0 Å². The average molecular weight is 319 g/mol. The summed E-state index contributed by atoms with van der Waals surface area (Å²) in [5.74, 6) is 0.637. The number of rotatable bonds is 4. The highest BCUT2D eigenvalue weighted by Crippen LogP contribution is 2.17. The molecular formula is C16H25N5O2. The van der Waals surface area contributed by atoms with E-state index < -0.39 is 6.04 Å². The van der Waals surface area contributed by atoms with E-state index >= 15 is 0 Å². The van der Waals surface area contributed by atoms with Crippen LogP contribution < -0.4 is 10.6 Å². The van der Waals surface area contributed by atoms with Gasteiger partial charge in [0.15, 0.2) is 0 Å². The number of likely N-dealkylation sites (tertiary alicyclic amines) is 1. The van der Waals surface area contributed by atoms with Gasteiger partial charge in [-0.1, -0.05) is 0 Å². The minimum atomic E-state index is -0.539. The fraction of sp³-hybridized carbons (Fsp3) is 0.625. The summed E-state index contributed by atoms with van der Waals surface area (Å²) in [6.45, 7) is 6.65. The second kappa shape index (κ2) is 7.89. The zero-order valence-corrected chi connectivity index (χ0v) is 14.0. The number of aryl methyl sites for hydroxylation is 1. The summed E-state index contributed by atoms with van der Waals surface area (Å²) in [6, 6.07) is 1.08. The Morgan fingerprint density at radius 3 is 2.91 bits per heavy atom. The number of hydrogen-bond donors (Lipinski definition) is 2. The summed E-state index contributed by atoms with van der Waals surface area (Å²) in [6.07, 6.45) is 4.87. The van der Waals surface area contributed by atoms with Gasteiger partial charge in [0.05, 0.1) is 12.2 Å². The third-order valence-electron chi connectivity index (χ3n) is 4.07. The molecule has 1 aliphatic rings. The van der Waals surface area contributed by atoms with Crippen LogP contribution in [0.15, 0.2) is 12.3 Å². The summed E-state index contributed by atoms with van der Waals surface area (Å²) in [5.41, 5.74) is 0.733. The molecule has 126 valence electrons. The zero-order valence-electron chi connectivity index (χ0n) is 14.0. The number of nitrogens with one attached hydrogen (secondary N) is 2. The first kappa shape index (κ1) is 17.2. The molecule has 2 rings (SSSR count). The number of nitrogens with zero attached hydrogens (tertiary/aromatic N) is 3. The molecular weight excluding hydrogens is 294 g/mol. The summed E-state index contributed by atoms with van der Waals surface area (Å²) >= 11 is 0. The van der Waals surface area contributed by atoms with Crippen molar-refractivity contribution in [1.82, 2.24) is 25.5 Å². The predicted molar refractivity (Wildman–Crippen MR) is 86.6 cm³/mol. The summed E-state index contributed by atoms with van der Waals surface area (Å²) in [7, 11) is 0. The smallest absolute Gasteiger partial charge is 0.315 e. The van der Waals surface area contributed by atoms with Crippen LogP contribution in [-0.4, -0.2) is 45.4 Å². The largest absolute Gasteiger partial charge is 0.338 e. The van der Waals surface area contributed by atoms with E-state index in [9.17, 15) is 9.59 Å². The van der Waals surface area contributed by atoms with Gasteiger partial charge in [-0.2, -0.15) is 0 Å². The number of amides is 3. The van der Waals surface area contributed by atoms with E-state index in [-0.39, 0.29) is 18.0 Å². The van der Waals surface area contributed by atoms with Gasteiger partial charge in [-0.15, -0.1) is 0 Å². The van der Waals surface area contributed by atoms with Gasteiger partial charge in [-0.3, -0.25) is 4.79 Å². The van der Waals surface area contributed by atoms with Crippen molar-refractivity contribution in [3.05, 3.63) is 23.8 Å². The van der Waals surface area contributed by atoms with E-state index in [1.54, 1.807) is 26.1 Å². The minimum absolute atomic E-state index is 0.0229. The van der Waals surface area contributed by atoms with Gasteiger partial charge in [0.2, 0.25) is 5.91 Å². The van der Waals surface area contributed by atoms with Crippen LogP contribution in [0.4, 0.5) is 4.79 Å². The number of carbonyl (C=O) groups is 2. The maximum atomic E-state index is 12.4. The first-order valence-electron chi connectivity index (χ1n) is 8.10. The van der Waals surface area contributed by atoms with Crippen LogP contribution in [0.1, 0.15) is 44.6 Å². The van der Waals surface area contributed by atoms with Crippen molar-refractivity contribution in [3.63, 3.8) is 0 Å². The van der Waals surface area contributed by atoms with Gasteiger partial charge < -0.3 is 15.5 Å². The number of carbonyl (C=O) groups excluding carboxylic acids is 2. The van der Waals surface area contributed by atoms with E-state index in [1.807, 2.05) is 4.90 Å². The molecule has 2 heterocycles. The third kappa shape index (κ3) is 4.91. The maximum Gasteiger partial charge on any atom is 0.315 e. The average Bonchev–Trinajstić information content (AvgIpc) is 2.53. The van der Waals surface area contributed by atoms with Crippen molar-refractivity contribution >= 4 is 11.9 Å². The number of piperidine rings is 1. The van der Waals surface area contributed by atoms with E-state index in [0.29, 0.717) is 12.4 Å². The minimum Gasteiger partial charge on any atom is -0.338 e. The SMILES string of the molecule is Cc1nccc(CNC(=O)N[C@@H](C)C(=O)N2CCCC[C@H]2C)n1. The normalized spacial score (nSPS) is 19.1. The summed E-state index contributed by atoms with van der Waals surface area (Å²) in [4.78, 5) is 34.5. The first-order chi connectivity index (χ1) is 11.0. The Balaban J connectivity index is 1.80. The second-order valence-corrected chi connectivity index (χ2v) is 6.02. The van der Waals surface area contributed by atoms with Crippen molar-refractivity contribution in [1.29, 1.82) is 0 Å². The topological polar surface area (TPSA) is 87.2 Å². The molecule has 1 fully saturated rings. The van der Waals surface area contributed by atoms with E-state index in [1.165, 1.54) is 0 Å². The lowest BCUT2D eigenvalue weighted by Gasteiger charge is -2.35. The molecule has 3 amide bonds. The Bertz CT molecular complexity index is 563. The monoisotopic (exact) mass is 319 g/mol. The molecule has 0 aromatic carbocycles. The third-order valence-corrected chi connectivity index (χ3v) is 4.07. The van der Waals surface area contributed by atoms with E-state index in [4.69, 9.17) is 0 Å². The first-order valence-corrected chi connectivity index (χ1v) is 8.10. The van der Waals surface area contributed by atoms with Crippen LogP contribution in [0.5, 0.6) is 0 Å². The standard InChI is InChI=1S/C16H25N5O2/c1-11-6-4-5-9-21(11)15(22)12(2)19-16(23)18-10-14-7-8-17-13(3)20-14/h7-8,11-12H,4-6,9-10H2,1-3H3,(H2,18,19,23)/t11-,12+/m1/s1. The molecule has 0 saturated carbocycles. The molecule has 0 spiro atoms. The quantitative estimate of drug-likeness (QED) is 0.877. The molecule has 0 unspecified atom stereocenters. The lowest BCUT2D eigenvalue weighted by Crippen LogP contribution is -2.53. The highest BCUT2D eigenvalue weighted by atomic mass is 16.2. The molecule has 0 aliphatic carbocycles. The van der Waals surface area contributed by atoms with Gasteiger partial charge in [-0.25, -0.2) is 14.8 Å². The summed E-state index contributed by atoms with van der Waals surface area (Å²) in [5, 5.41) is 5.41. The Morgan fingerprint density at radius 2 is 2.22 bits per heavy atom. The Hall–Kier alpha value is -2.18. The fourth-order valence-electron chi connectivity index (χ4n) is 2.76. The second-order valence-electron chi connectivity index (χ2n) is 6.02. The van der Waals surface area contributed by atoms with Crippen LogP contribution >= 0.6 is 0 Å². The Labute approximate surface area is 136 Å². The van der Waals surface area contributed by atoms with Crippen molar-refractivity contribution in [2.75, 3.05) is 6.54 Å². The van der Waals surface area contributed by atoms with Gasteiger partial charge in [0.25, 0.3) is 0 Å². The maximum absolute atomic E-state index is 12.4. The molecule has 23 heavy (non-hydrogen) atoms. The molecule has 1 aromatic heterocycles. The molecule has 2 N–H and O–H groups in total. The Morgan fingerprint density at radius 1 is 1.43 bits per heavy atom. The van der Waals surface area contributed by atoms with Crippen LogP contribution in [0.2, 0.25) is 0 Å². The van der Waals surface area contributed by atoms with Crippen molar-refractivity contribution in [3.8, 4) is 0 Å². The molecule has 0 radical (unpaired) electrons. The van der Waals surface area contributed by atoms with Gasteiger partial charge in [0, 0.05) is 18.8 Å². The summed E-state index contributed by atoms with van der Waals surface area (Å²) < 4.78 is 0. The Kier molecular flexibility index (Phi) is 5.90. The van der Waals surface area contributed by atoms with Crippen molar-refractivity contribution in [2.45, 2.75) is 58.7 Å². The van der Waals surface area contributed by atoms with Crippen LogP contribution in [0, 0.1) is 6.92 Å². The zero-order chi connectivity index (χ0) is 16.8. The number of urea groups is 1. The fourth-order valence-corrected chi connectivity index (χ4v) is 2.76. The van der Waals surface area contributed by atoms with E-state index in [0.717, 1.165) is 31.5 Å². The highest BCUT2D eigenvalue weighted by Gasteiger charge is 2.27. The van der Waals surface area contributed by atoms with Gasteiger partial charge in [0.1, 0.15) is 11.9 Å². The molecule has 1 saturated heterocycles. The number of aromatic nitrogens is 2. The molecule has 0 bridgehead atoms. The van der Waals surface area contributed by atoms with Crippen LogP contribution in [0.3, 0.4) is 0 Å².